The van der Waals surface area contributed by atoms with Gasteiger partial charge in [0, 0.05) is 17.8 Å². The maximum atomic E-state index is 13.4. The molecule has 0 aliphatic heterocycles. The number of ether oxygens (including phenoxy) is 1. The number of benzene rings is 1. The summed E-state index contributed by atoms with van der Waals surface area (Å²) in [5.41, 5.74) is 0.0778. The van der Waals surface area contributed by atoms with Gasteiger partial charge >= 0.3 is 0 Å². The van der Waals surface area contributed by atoms with Crippen LogP contribution in [0.2, 0.25) is 0 Å². The van der Waals surface area contributed by atoms with Gasteiger partial charge in [0.15, 0.2) is 17.4 Å². The molecule has 4 nitrogen and oxygen atoms in total. The molecule has 0 atom stereocenters. The second kappa shape index (κ2) is 7.40. The number of hydrogen-bond donors (Lipinski definition) is 2. The van der Waals surface area contributed by atoms with Crippen molar-refractivity contribution in [3.63, 3.8) is 0 Å². The lowest BCUT2D eigenvalue weighted by Gasteiger charge is -2.09. The molecular weight excluding hydrogens is 290 g/mol. The summed E-state index contributed by atoms with van der Waals surface area (Å²) in [7, 11) is 1.18. The summed E-state index contributed by atoms with van der Waals surface area (Å²) in [5, 5.41) is 5.43. The molecule has 1 aliphatic rings. The van der Waals surface area contributed by atoms with Crippen LogP contribution in [-0.4, -0.2) is 26.1 Å². The molecule has 2 rings (SSSR count). The van der Waals surface area contributed by atoms with Crippen LogP contribution in [-0.2, 0) is 4.79 Å². The Morgan fingerprint density at radius 1 is 1.35 bits per heavy atom. The summed E-state index contributed by atoms with van der Waals surface area (Å²) in [6.45, 7) is 0.935. The van der Waals surface area contributed by atoms with Gasteiger partial charge in [-0.25, -0.2) is 8.78 Å². The van der Waals surface area contributed by atoms with E-state index in [2.05, 4.69) is 15.4 Å². The highest BCUT2D eigenvalue weighted by atomic mass is 35.5. The second-order valence-corrected chi connectivity index (χ2v) is 4.60. The number of methoxy groups -OCH3 is 1. The minimum absolute atomic E-state index is 0. The topological polar surface area (TPSA) is 50.4 Å². The molecule has 1 amide bonds. The van der Waals surface area contributed by atoms with Crippen molar-refractivity contribution in [1.29, 1.82) is 0 Å². The number of nitrogens with one attached hydrogen (secondary N) is 2. The zero-order valence-electron chi connectivity index (χ0n) is 11.0. The fourth-order valence-corrected chi connectivity index (χ4v) is 1.74. The molecule has 1 aliphatic carbocycles. The van der Waals surface area contributed by atoms with Crippen molar-refractivity contribution in [2.24, 2.45) is 5.92 Å². The van der Waals surface area contributed by atoms with Crippen molar-refractivity contribution in [3.8, 4) is 5.75 Å². The normalized spacial score (nSPS) is 13.6. The number of anilines is 1. The summed E-state index contributed by atoms with van der Waals surface area (Å²) in [6, 6.07) is 2.06. The maximum absolute atomic E-state index is 13.4. The summed E-state index contributed by atoms with van der Waals surface area (Å²) < 4.78 is 31.4. The van der Waals surface area contributed by atoms with E-state index in [1.807, 2.05) is 0 Å². The number of carbonyl (C=O) groups excluding carboxylic acids is 1. The lowest BCUT2D eigenvalue weighted by atomic mass is 10.2. The van der Waals surface area contributed by atoms with E-state index in [0.717, 1.165) is 18.7 Å². The minimum Gasteiger partial charge on any atom is -0.491 e. The van der Waals surface area contributed by atoms with Crippen molar-refractivity contribution in [2.75, 3.05) is 25.5 Å². The van der Waals surface area contributed by atoms with Crippen LogP contribution in [0.25, 0.3) is 0 Å². The lowest BCUT2D eigenvalue weighted by Crippen LogP contribution is -2.29. The molecule has 1 fully saturated rings. The lowest BCUT2D eigenvalue weighted by molar-refractivity contribution is -0.115. The number of amides is 1. The molecule has 0 heterocycles. The largest absolute Gasteiger partial charge is 0.491 e. The Hall–Kier alpha value is -1.40. The molecule has 20 heavy (non-hydrogen) atoms. The van der Waals surface area contributed by atoms with Crippen LogP contribution in [0.1, 0.15) is 12.8 Å². The molecule has 0 unspecified atom stereocenters. The number of halogens is 3. The van der Waals surface area contributed by atoms with Crippen LogP contribution in [0.15, 0.2) is 12.1 Å². The SMILES string of the molecule is COc1c(F)cc(NC(=O)CNCC2CC2)cc1F.Cl. The van der Waals surface area contributed by atoms with E-state index in [9.17, 15) is 13.6 Å². The molecule has 1 aromatic rings. The van der Waals surface area contributed by atoms with E-state index >= 15 is 0 Å². The first-order valence-electron chi connectivity index (χ1n) is 6.13. The van der Waals surface area contributed by atoms with Gasteiger partial charge < -0.3 is 15.4 Å². The zero-order chi connectivity index (χ0) is 13.8. The van der Waals surface area contributed by atoms with Crippen molar-refractivity contribution in [2.45, 2.75) is 12.8 Å². The third-order valence-electron chi connectivity index (χ3n) is 2.90. The second-order valence-electron chi connectivity index (χ2n) is 4.60. The highest BCUT2D eigenvalue weighted by Gasteiger charge is 2.20. The maximum Gasteiger partial charge on any atom is 0.238 e. The average Bonchev–Trinajstić information content (AvgIpc) is 3.12. The fraction of sp³-hybridized carbons (Fsp3) is 0.462. The van der Waals surface area contributed by atoms with E-state index in [1.165, 1.54) is 20.0 Å². The van der Waals surface area contributed by atoms with Crippen molar-refractivity contribution >= 4 is 24.0 Å². The number of carbonyl (C=O) groups is 1. The molecule has 1 aromatic carbocycles. The highest BCUT2D eigenvalue weighted by molar-refractivity contribution is 5.92. The number of hydrogen-bond acceptors (Lipinski definition) is 3. The van der Waals surface area contributed by atoms with E-state index in [4.69, 9.17) is 0 Å². The minimum atomic E-state index is -0.844. The van der Waals surface area contributed by atoms with Gasteiger partial charge in [-0.1, -0.05) is 0 Å². The average molecular weight is 307 g/mol. The molecule has 0 bridgehead atoms. The molecule has 2 N–H and O–H groups in total. The van der Waals surface area contributed by atoms with Gasteiger partial charge in [0.25, 0.3) is 0 Å². The number of rotatable bonds is 6. The Kier molecular flexibility index (Phi) is 6.16. The van der Waals surface area contributed by atoms with Gasteiger partial charge in [0.05, 0.1) is 13.7 Å². The molecule has 7 heteroatoms. The monoisotopic (exact) mass is 306 g/mol. The fourth-order valence-electron chi connectivity index (χ4n) is 1.74. The third kappa shape index (κ3) is 4.61. The predicted molar refractivity (Wildman–Crippen MR) is 74.4 cm³/mol. The smallest absolute Gasteiger partial charge is 0.238 e. The van der Waals surface area contributed by atoms with E-state index in [-0.39, 0.29) is 30.5 Å². The summed E-state index contributed by atoms with van der Waals surface area (Å²) in [5.74, 6) is -1.80. The van der Waals surface area contributed by atoms with Crippen molar-refractivity contribution in [3.05, 3.63) is 23.8 Å². The van der Waals surface area contributed by atoms with Crippen molar-refractivity contribution < 1.29 is 18.3 Å². The van der Waals surface area contributed by atoms with Gasteiger partial charge in [-0.15, -0.1) is 12.4 Å². The molecular formula is C13H17ClF2N2O2. The molecule has 0 radical (unpaired) electrons. The molecule has 0 saturated heterocycles. The zero-order valence-corrected chi connectivity index (χ0v) is 11.9. The van der Waals surface area contributed by atoms with Crippen LogP contribution >= 0.6 is 12.4 Å². The Bertz CT molecular complexity index is 458. The molecule has 0 aromatic heterocycles. The van der Waals surface area contributed by atoms with Gasteiger partial charge in [0.1, 0.15) is 0 Å². The van der Waals surface area contributed by atoms with Gasteiger partial charge in [0.2, 0.25) is 5.91 Å². The molecule has 112 valence electrons. The Balaban J connectivity index is 0.00000200. The molecule has 1 saturated carbocycles. The van der Waals surface area contributed by atoms with Crippen LogP contribution in [0, 0.1) is 17.6 Å². The van der Waals surface area contributed by atoms with Crippen LogP contribution in [0.4, 0.5) is 14.5 Å². The van der Waals surface area contributed by atoms with Gasteiger partial charge in [-0.05, 0) is 25.3 Å². The Labute approximate surface area is 122 Å². The third-order valence-corrected chi connectivity index (χ3v) is 2.90. The van der Waals surface area contributed by atoms with E-state index in [0.29, 0.717) is 5.92 Å². The quantitative estimate of drug-likeness (QED) is 0.848. The first kappa shape index (κ1) is 16.7. The predicted octanol–water partition coefficient (Wildman–Crippen LogP) is 2.33. The van der Waals surface area contributed by atoms with Crippen LogP contribution < -0.4 is 15.4 Å². The van der Waals surface area contributed by atoms with E-state index in [1.54, 1.807) is 0 Å². The molecule has 0 spiro atoms. The first-order chi connectivity index (χ1) is 9.10. The Morgan fingerprint density at radius 3 is 2.45 bits per heavy atom. The van der Waals surface area contributed by atoms with Gasteiger partial charge in [-0.3, -0.25) is 4.79 Å². The van der Waals surface area contributed by atoms with E-state index < -0.39 is 17.4 Å². The summed E-state index contributed by atoms with van der Waals surface area (Å²) in [6.07, 6.45) is 2.40. The highest BCUT2D eigenvalue weighted by Crippen LogP contribution is 2.27. The van der Waals surface area contributed by atoms with Crippen LogP contribution in [0.3, 0.4) is 0 Å². The van der Waals surface area contributed by atoms with Gasteiger partial charge in [-0.2, -0.15) is 0 Å². The van der Waals surface area contributed by atoms with Crippen molar-refractivity contribution in [1.82, 2.24) is 5.32 Å². The first-order valence-corrected chi connectivity index (χ1v) is 6.13. The summed E-state index contributed by atoms with van der Waals surface area (Å²) in [4.78, 5) is 11.5. The standard InChI is InChI=1S/C13H16F2N2O2.ClH/c1-19-13-10(14)4-9(5-11(13)15)17-12(18)7-16-6-8-2-3-8;/h4-5,8,16H,2-3,6-7H2,1H3,(H,17,18);1H. The summed E-state index contributed by atoms with van der Waals surface area (Å²) >= 11 is 0. The Morgan fingerprint density at radius 2 is 1.95 bits per heavy atom. The van der Waals surface area contributed by atoms with Crippen LogP contribution in [0.5, 0.6) is 5.75 Å².